The minimum atomic E-state index is -0.140. The predicted molar refractivity (Wildman–Crippen MR) is 68.5 cm³/mol. The molecule has 1 heterocycles. The van der Waals surface area contributed by atoms with Gasteiger partial charge >= 0.3 is 0 Å². The van der Waals surface area contributed by atoms with Gasteiger partial charge in [0, 0.05) is 36.5 Å². The van der Waals surface area contributed by atoms with Crippen LogP contribution in [0.15, 0.2) is 18.2 Å². The van der Waals surface area contributed by atoms with E-state index in [2.05, 4.69) is 16.3 Å². The highest BCUT2D eigenvalue weighted by Gasteiger charge is 2.17. The van der Waals surface area contributed by atoms with Crippen molar-refractivity contribution in [2.24, 2.45) is 0 Å². The summed E-state index contributed by atoms with van der Waals surface area (Å²) in [7, 11) is 1.88. The van der Waals surface area contributed by atoms with Gasteiger partial charge in [0.05, 0.1) is 6.10 Å². The summed E-state index contributed by atoms with van der Waals surface area (Å²) < 4.78 is 0. The summed E-state index contributed by atoms with van der Waals surface area (Å²) >= 11 is 6.06. The molecular weight excluding hydrogens is 224 g/mol. The first kappa shape index (κ1) is 11.6. The Balaban J connectivity index is 2.16. The number of hydrogen-bond acceptors (Lipinski definition) is 3. The van der Waals surface area contributed by atoms with E-state index < -0.39 is 0 Å². The molecule has 1 aromatic carbocycles. The molecule has 1 aliphatic heterocycles. The van der Waals surface area contributed by atoms with Gasteiger partial charge in [0.2, 0.25) is 0 Å². The maximum Gasteiger partial charge on any atom is 0.0574 e. The van der Waals surface area contributed by atoms with Crippen molar-refractivity contribution >= 4 is 23.0 Å². The molecule has 1 aromatic rings. The van der Waals surface area contributed by atoms with Gasteiger partial charge in [-0.2, -0.15) is 0 Å². The van der Waals surface area contributed by atoms with Crippen molar-refractivity contribution in [1.82, 2.24) is 0 Å². The van der Waals surface area contributed by atoms with Crippen LogP contribution in [0, 0.1) is 0 Å². The highest BCUT2D eigenvalue weighted by molar-refractivity contribution is 6.31. The van der Waals surface area contributed by atoms with Crippen LogP contribution in [0.1, 0.15) is 12.8 Å². The third-order valence-electron chi connectivity index (χ3n) is 3.00. The predicted octanol–water partition coefficient (Wildman–Crippen LogP) is 2.34. The van der Waals surface area contributed by atoms with E-state index in [0.717, 1.165) is 42.3 Å². The zero-order valence-electron chi connectivity index (χ0n) is 9.41. The average molecular weight is 241 g/mol. The van der Waals surface area contributed by atoms with Crippen molar-refractivity contribution in [2.45, 2.75) is 18.9 Å². The lowest BCUT2D eigenvalue weighted by molar-refractivity contribution is 0.145. The van der Waals surface area contributed by atoms with Crippen LogP contribution in [0.5, 0.6) is 0 Å². The Morgan fingerprint density at radius 3 is 2.62 bits per heavy atom. The van der Waals surface area contributed by atoms with Gasteiger partial charge in [-0.1, -0.05) is 11.6 Å². The van der Waals surface area contributed by atoms with Gasteiger partial charge < -0.3 is 15.3 Å². The first-order valence-corrected chi connectivity index (χ1v) is 5.98. The minimum absolute atomic E-state index is 0.140. The van der Waals surface area contributed by atoms with Gasteiger partial charge in [0.15, 0.2) is 0 Å². The van der Waals surface area contributed by atoms with Crippen molar-refractivity contribution in [2.75, 3.05) is 30.4 Å². The van der Waals surface area contributed by atoms with Crippen LogP contribution >= 0.6 is 11.6 Å². The number of anilines is 2. The van der Waals surface area contributed by atoms with Crippen LogP contribution in [0.2, 0.25) is 5.02 Å². The van der Waals surface area contributed by atoms with Crippen molar-refractivity contribution in [3.05, 3.63) is 23.2 Å². The van der Waals surface area contributed by atoms with E-state index in [-0.39, 0.29) is 6.10 Å². The SMILES string of the molecule is CNc1cc(Cl)cc(N2CCC(O)CC2)c1. The lowest BCUT2D eigenvalue weighted by Crippen LogP contribution is -2.35. The Morgan fingerprint density at radius 1 is 1.31 bits per heavy atom. The lowest BCUT2D eigenvalue weighted by atomic mass is 10.1. The first-order chi connectivity index (χ1) is 7.69. The molecule has 2 N–H and O–H groups in total. The smallest absolute Gasteiger partial charge is 0.0574 e. The highest BCUT2D eigenvalue weighted by atomic mass is 35.5. The number of nitrogens with zero attached hydrogens (tertiary/aromatic N) is 1. The van der Waals surface area contributed by atoms with Gasteiger partial charge in [0.1, 0.15) is 0 Å². The summed E-state index contributed by atoms with van der Waals surface area (Å²) in [5, 5.41) is 13.3. The molecule has 0 unspecified atom stereocenters. The van der Waals surface area contributed by atoms with Gasteiger partial charge in [-0.15, -0.1) is 0 Å². The fraction of sp³-hybridized carbons (Fsp3) is 0.500. The van der Waals surface area contributed by atoms with Crippen LogP contribution < -0.4 is 10.2 Å². The fourth-order valence-corrected chi connectivity index (χ4v) is 2.25. The third-order valence-corrected chi connectivity index (χ3v) is 3.22. The molecule has 0 atom stereocenters. The maximum absolute atomic E-state index is 9.46. The molecule has 1 fully saturated rings. The number of nitrogens with one attached hydrogen (secondary N) is 1. The number of halogens is 1. The molecule has 0 bridgehead atoms. The van der Waals surface area contributed by atoms with E-state index in [0.29, 0.717) is 0 Å². The van der Waals surface area contributed by atoms with Crippen molar-refractivity contribution in [3.8, 4) is 0 Å². The maximum atomic E-state index is 9.46. The van der Waals surface area contributed by atoms with Crippen LogP contribution in [-0.4, -0.2) is 31.3 Å². The molecule has 0 spiro atoms. The topological polar surface area (TPSA) is 35.5 Å². The highest BCUT2D eigenvalue weighted by Crippen LogP contribution is 2.27. The average Bonchev–Trinajstić information content (AvgIpc) is 2.29. The van der Waals surface area contributed by atoms with Gasteiger partial charge in [-0.05, 0) is 31.0 Å². The number of benzene rings is 1. The molecule has 2 rings (SSSR count). The Morgan fingerprint density at radius 2 is 2.00 bits per heavy atom. The van der Waals surface area contributed by atoms with Crippen LogP contribution in [0.25, 0.3) is 0 Å². The summed E-state index contributed by atoms with van der Waals surface area (Å²) in [4.78, 5) is 2.26. The van der Waals surface area contributed by atoms with Crippen LogP contribution in [0.4, 0.5) is 11.4 Å². The Kier molecular flexibility index (Phi) is 3.56. The molecule has 0 aliphatic carbocycles. The first-order valence-electron chi connectivity index (χ1n) is 5.60. The standard InChI is InChI=1S/C12H17ClN2O/c1-14-10-6-9(13)7-11(8-10)15-4-2-12(16)3-5-15/h6-8,12,14,16H,2-5H2,1H3. The zero-order valence-corrected chi connectivity index (χ0v) is 10.2. The lowest BCUT2D eigenvalue weighted by Gasteiger charge is -2.31. The number of rotatable bonds is 2. The minimum Gasteiger partial charge on any atom is -0.393 e. The molecule has 1 saturated heterocycles. The molecule has 1 aliphatic rings. The number of piperidine rings is 1. The van der Waals surface area contributed by atoms with E-state index in [9.17, 15) is 5.11 Å². The molecule has 0 saturated carbocycles. The summed E-state index contributed by atoms with van der Waals surface area (Å²) in [5.74, 6) is 0. The molecule has 4 heteroatoms. The fourth-order valence-electron chi connectivity index (χ4n) is 2.03. The molecular formula is C12H17ClN2O. The molecule has 16 heavy (non-hydrogen) atoms. The molecule has 3 nitrogen and oxygen atoms in total. The van der Waals surface area contributed by atoms with E-state index >= 15 is 0 Å². The van der Waals surface area contributed by atoms with Crippen LogP contribution in [-0.2, 0) is 0 Å². The Bertz CT molecular complexity index is 362. The Hall–Kier alpha value is -0.930. The number of hydrogen-bond donors (Lipinski definition) is 2. The summed E-state index contributed by atoms with van der Waals surface area (Å²) in [6.45, 7) is 1.79. The summed E-state index contributed by atoms with van der Waals surface area (Å²) in [5.41, 5.74) is 2.15. The molecule has 0 amide bonds. The van der Waals surface area contributed by atoms with E-state index in [1.54, 1.807) is 0 Å². The summed E-state index contributed by atoms with van der Waals surface area (Å²) in [6, 6.07) is 5.97. The summed E-state index contributed by atoms with van der Waals surface area (Å²) in [6.07, 6.45) is 1.53. The van der Waals surface area contributed by atoms with E-state index in [1.807, 2.05) is 19.2 Å². The second-order valence-electron chi connectivity index (χ2n) is 4.17. The molecule has 88 valence electrons. The number of aliphatic hydroxyl groups is 1. The number of aliphatic hydroxyl groups excluding tert-OH is 1. The van der Waals surface area contributed by atoms with Gasteiger partial charge in [-0.25, -0.2) is 0 Å². The van der Waals surface area contributed by atoms with Crippen molar-refractivity contribution in [3.63, 3.8) is 0 Å². The third kappa shape index (κ3) is 2.60. The van der Waals surface area contributed by atoms with Gasteiger partial charge in [0.25, 0.3) is 0 Å². The van der Waals surface area contributed by atoms with E-state index in [4.69, 9.17) is 11.6 Å². The molecule has 0 aromatic heterocycles. The molecule has 0 radical (unpaired) electrons. The second kappa shape index (κ2) is 4.93. The van der Waals surface area contributed by atoms with Crippen LogP contribution in [0.3, 0.4) is 0 Å². The van der Waals surface area contributed by atoms with E-state index in [1.165, 1.54) is 0 Å². The largest absolute Gasteiger partial charge is 0.393 e. The zero-order chi connectivity index (χ0) is 11.5. The van der Waals surface area contributed by atoms with Crippen molar-refractivity contribution < 1.29 is 5.11 Å². The van der Waals surface area contributed by atoms with Crippen molar-refractivity contribution in [1.29, 1.82) is 0 Å². The quantitative estimate of drug-likeness (QED) is 0.833. The van der Waals surface area contributed by atoms with Gasteiger partial charge in [-0.3, -0.25) is 0 Å². The Labute approximate surface area is 101 Å². The monoisotopic (exact) mass is 240 g/mol. The second-order valence-corrected chi connectivity index (χ2v) is 4.60. The normalized spacial score (nSPS) is 17.6.